The van der Waals surface area contributed by atoms with Crippen molar-refractivity contribution in [2.45, 2.75) is 0 Å². The molecule has 0 spiro atoms. The molecule has 0 saturated heterocycles. The molecule has 0 aromatic heterocycles. The standard InChI is InChI=1S/C13H9Cl2NO/c14-10-5-1-3-8(7-17)12(10)9-4-2-6-11(15)13(9)16/h1-7H,16H2. The molecule has 0 amide bonds. The fraction of sp³-hybridized carbons (Fsp3) is 0. The van der Waals surface area contributed by atoms with Gasteiger partial charge in [0.25, 0.3) is 0 Å². The molecule has 2 N–H and O–H groups in total. The molecule has 0 aliphatic rings. The van der Waals surface area contributed by atoms with Gasteiger partial charge in [-0.05, 0) is 12.1 Å². The summed E-state index contributed by atoms with van der Waals surface area (Å²) in [5.74, 6) is 0. The molecule has 0 saturated carbocycles. The normalized spacial score (nSPS) is 10.2. The summed E-state index contributed by atoms with van der Waals surface area (Å²) in [5.41, 5.74) is 8.10. The maximum Gasteiger partial charge on any atom is 0.150 e. The molecule has 17 heavy (non-hydrogen) atoms. The van der Waals surface area contributed by atoms with Gasteiger partial charge in [-0.25, -0.2) is 0 Å². The molecule has 0 bridgehead atoms. The Labute approximate surface area is 109 Å². The zero-order valence-corrected chi connectivity index (χ0v) is 10.3. The SMILES string of the molecule is Nc1c(Cl)cccc1-c1c(Cl)cccc1C=O. The molecule has 2 rings (SSSR count). The Kier molecular flexibility index (Phi) is 3.36. The van der Waals surface area contributed by atoms with Crippen LogP contribution in [0.3, 0.4) is 0 Å². The van der Waals surface area contributed by atoms with Gasteiger partial charge in [0.05, 0.1) is 10.7 Å². The molecular formula is C13H9Cl2NO. The van der Waals surface area contributed by atoms with Gasteiger partial charge in [-0.1, -0.05) is 47.5 Å². The van der Waals surface area contributed by atoms with Crippen LogP contribution in [-0.2, 0) is 0 Å². The summed E-state index contributed by atoms with van der Waals surface area (Å²) in [6.45, 7) is 0. The minimum atomic E-state index is 0.422. The van der Waals surface area contributed by atoms with Crippen LogP contribution in [0.1, 0.15) is 10.4 Å². The van der Waals surface area contributed by atoms with Gasteiger partial charge in [0.1, 0.15) is 0 Å². The number of anilines is 1. The van der Waals surface area contributed by atoms with Crippen molar-refractivity contribution in [3.8, 4) is 11.1 Å². The highest BCUT2D eigenvalue weighted by Crippen LogP contribution is 2.37. The molecule has 4 heteroatoms. The predicted molar refractivity (Wildman–Crippen MR) is 71.7 cm³/mol. The maximum absolute atomic E-state index is 11.0. The lowest BCUT2D eigenvalue weighted by atomic mass is 9.99. The molecule has 2 aromatic carbocycles. The third-order valence-electron chi connectivity index (χ3n) is 2.50. The van der Waals surface area contributed by atoms with Crippen molar-refractivity contribution in [1.82, 2.24) is 0 Å². The number of halogens is 2. The number of hydrogen-bond acceptors (Lipinski definition) is 2. The van der Waals surface area contributed by atoms with Crippen LogP contribution < -0.4 is 5.73 Å². The summed E-state index contributed by atoms with van der Waals surface area (Å²) in [6, 6.07) is 10.4. The first-order chi connectivity index (χ1) is 8.15. The fourth-order valence-electron chi connectivity index (χ4n) is 1.68. The summed E-state index contributed by atoms with van der Waals surface area (Å²) >= 11 is 12.1. The number of hydrogen-bond donors (Lipinski definition) is 1. The summed E-state index contributed by atoms with van der Waals surface area (Å²) in [6.07, 6.45) is 0.752. The second-order valence-corrected chi connectivity index (χ2v) is 4.34. The Balaban J connectivity index is 2.76. The number of nitrogen functional groups attached to an aromatic ring is 1. The van der Waals surface area contributed by atoms with Crippen molar-refractivity contribution >= 4 is 35.2 Å². The highest BCUT2D eigenvalue weighted by molar-refractivity contribution is 6.36. The fourth-order valence-corrected chi connectivity index (χ4v) is 2.14. The Morgan fingerprint density at radius 1 is 1.00 bits per heavy atom. The van der Waals surface area contributed by atoms with Crippen molar-refractivity contribution in [3.05, 3.63) is 52.0 Å². The van der Waals surface area contributed by atoms with Crippen LogP contribution in [0.25, 0.3) is 11.1 Å². The van der Waals surface area contributed by atoms with Crippen molar-refractivity contribution in [2.24, 2.45) is 0 Å². The number of benzene rings is 2. The van der Waals surface area contributed by atoms with E-state index < -0.39 is 0 Å². The van der Waals surface area contributed by atoms with Gasteiger partial charge in [-0.2, -0.15) is 0 Å². The van der Waals surface area contributed by atoms with Crippen LogP contribution in [0.15, 0.2) is 36.4 Å². The minimum Gasteiger partial charge on any atom is -0.397 e. The molecule has 0 fully saturated rings. The number of para-hydroxylation sites is 1. The first kappa shape index (κ1) is 12.0. The van der Waals surface area contributed by atoms with Gasteiger partial charge >= 0.3 is 0 Å². The van der Waals surface area contributed by atoms with Gasteiger partial charge in [-0.3, -0.25) is 4.79 Å². The summed E-state index contributed by atoms with van der Waals surface area (Å²) in [4.78, 5) is 11.0. The molecule has 86 valence electrons. The zero-order chi connectivity index (χ0) is 12.4. The maximum atomic E-state index is 11.0. The van der Waals surface area contributed by atoms with E-state index in [1.807, 2.05) is 0 Å². The first-order valence-electron chi connectivity index (χ1n) is 4.93. The highest BCUT2D eigenvalue weighted by atomic mass is 35.5. The van der Waals surface area contributed by atoms with Crippen molar-refractivity contribution in [1.29, 1.82) is 0 Å². The van der Waals surface area contributed by atoms with E-state index in [-0.39, 0.29) is 0 Å². The zero-order valence-electron chi connectivity index (χ0n) is 8.78. The predicted octanol–water partition coefficient (Wildman–Crippen LogP) is 4.06. The molecular weight excluding hydrogens is 257 g/mol. The third-order valence-corrected chi connectivity index (χ3v) is 3.14. The van der Waals surface area contributed by atoms with E-state index in [1.54, 1.807) is 36.4 Å². The lowest BCUT2D eigenvalue weighted by Gasteiger charge is -2.11. The van der Waals surface area contributed by atoms with E-state index in [0.29, 0.717) is 32.4 Å². The van der Waals surface area contributed by atoms with Crippen LogP contribution in [-0.4, -0.2) is 6.29 Å². The van der Waals surface area contributed by atoms with E-state index in [4.69, 9.17) is 28.9 Å². The van der Waals surface area contributed by atoms with Crippen molar-refractivity contribution < 1.29 is 4.79 Å². The minimum absolute atomic E-state index is 0.422. The van der Waals surface area contributed by atoms with E-state index in [9.17, 15) is 4.79 Å². The van der Waals surface area contributed by atoms with Gasteiger partial charge in [0, 0.05) is 21.7 Å². The monoisotopic (exact) mass is 265 g/mol. The van der Waals surface area contributed by atoms with E-state index in [2.05, 4.69) is 0 Å². The van der Waals surface area contributed by atoms with Crippen LogP contribution in [0.2, 0.25) is 10.0 Å². The van der Waals surface area contributed by atoms with Gasteiger partial charge in [0.15, 0.2) is 6.29 Å². The topological polar surface area (TPSA) is 43.1 Å². The molecule has 0 aliphatic carbocycles. The Morgan fingerprint density at radius 2 is 1.65 bits per heavy atom. The van der Waals surface area contributed by atoms with Crippen LogP contribution >= 0.6 is 23.2 Å². The van der Waals surface area contributed by atoms with Crippen LogP contribution in [0.4, 0.5) is 5.69 Å². The Hall–Kier alpha value is -1.51. The molecule has 2 aromatic rings. The Bertz CT molecular complexity index is 582. The summed E-state index contributed by atoms with van der Waals surface area (Å²) in [5, 5.41) is 0.919. The average molecular weight is 266 g/mol. The largest absolute Gasteiger partial charge is 0.397 e. The molecule has 0 aliphatic heterocycles. The number of rotatable bonds is 2. The summed E-state index contributed by atoms with van der Waals surface area (Å²) in [7, 11) is 0. The van der Waals surface area contributed by atoms with E-state index >= 15 is 0 Å². The number of nitrogens with two attached hydrogens (primary N) is 1. The summed E-state index contributed by atoms with van der Waals surface area (Å²) < 4.78 is 0. The Morgan fingerprint density at radius 3 is 2.35 bits per heavy atom. The molecule has 0 radical (unpaired) electrons. The van der Waals surface area contributed by atoms with Crippen LogP contribution in [0, 0.1) is 0 Å². The van der Waals surface area contributed by atoms with Gasteiger partial charge in [-0.15, -0.1) is 0 Å². The van der Waals surface area contributed by atoms with E-state index in [1.165, 1.54) is 0 Å². The van der Waals surface area contributed by atoms with E-state index in [0.717, 1.165) is 6.29 Å². The average Bonchev–Trinajstić information content (AvgIpc) is 2.33. The van der Waals surface area contributed by atoms with Gasteiger partial charge in [0.2, 0.25) is 0 Å². The van der Waals surface area contributed by atoms with Gasteiger partial charge < -0.3 is 5.73 Å². The van der Waals surface area contributed by atoms with Crippen molar-refractivity contribution in [2.75, 3.05) is 5.73 Å². The molecule has 0 heterocycles. The second kappa shape index (κ2) is 4.78. The highest BCUT2D eigenvalue weighted by Gasteiger charge is 2.13. The quantitative estimate of drug-likeness (QED) is 0.658. The molecule has 0 unspecified atom stereocenters. The third kappa shape index (κ3) is 2.14. The van der Waals surface area contributed by atoms with Crippen molar-refractivity contribution in [3.63, 3.8) is 0 Å². The molecule has 2 nitrogen and oxygen atoms in total. The lowest BCUT2D eigenvalue weighted by molar-refractivity contribution is 0.112. The number of carbonyl (C=O) groups is 1. The first-order valence-corrected chi connectivity index (χ1v) is 5.68. The number of aldehydes is 1. The molecule has 0 atom stereocenters. The second-order valence-electron chi connectivity index (χ2n) is 3.52. The number of carbonyl (C=O) groups excluding carboxylic acids is 1. The van der Waals surface area contributed by atoms with Crippen LogP contribution in [0.5, 0.6) is 0 Å². The smallest absolute Gasteiger partial charge is 0.150 e. The lowest BCUT2D eigenvalue weighted by Crippen LogP contribution is -1.95.